The molecular weight excluding hydrogens is 382 g/mol. The van der Waals surface area contributed by atoms with Crippen molar-refractivity contribution < 1.29 is 19.1 Å². The first-order valence-corrected chi connectivity index (χ1v) is 9.96. The largest absolute Gasteiger partial charge is 0.454 e. The van der Waals surface area contributed by atoms with Crippen LogP contribution >= 0.6 is 0 Å². The molecular formula is C23H29N3O4. The van der Waals surface area contributed by atoms with E-state index in [1.54, 1.807) is 44.2 Å². The molecule has 2 aromatic rings. The third kappa shape index (κ3) is 6.92. The Morgan fingerprint density at radius 3 is 2.13 bits per heavy atom. The summed E-state index contributed by atoms with van der Waals surface area (Å²) in [5.41, 5.74) is 2.29. The molecule has 1 atom stereocenters. The number of ether oxygens (including phenoxy) is 1. The zero-order valence-corrected chi connectivity index (χ0v) is 17.8. The summed E-state index contributed by atoms with van der Waals surface area (Å²) >= 11 is 0. The Balaban J connectivity index is 1.90. The molecule has 7 nitrogen and oxygen atoms in total. The van der Waals surface area contributed by atoms with Gasteiger partial charge in [0.15, 0.2) is 6.61 Å². The molecule has 3 N–H and O–H groups in total. The monoisotopic (exact) mass is 411 g/mol. The minimum absolute atomic E-state index is 0.219. The Hall–Kier alpha value is -3.35. The number of rotatable bonds is 8. The second-order valence-corrected chi connectivity index (χ2v) is 7.58. The van der Waals surface area contributed by atoms with E-state index in [9.17, 15) is 14.4 Å². The highest BCUT2D eigenvalue weighted by atomic mass is 16.5. The van der Waals surface area contributed by atoms with E-state index in [2.05, 4.69) is 16.0 Å². The summed E-state index contributed by atoms with van der Waals surface area (Å²) in [5.74, 6) is -1.08. The van der Waals surface area contributed by atoms with Gasteiger partial charge in [0.05, 0.1) is 0 Å². The third-order valence-electron chi connectivity index (χ3n) is 4.44. The van der Waals surface area contributed by atoms with Gasteiger partial charge in [-0.15, -0.1) is 0 Å². The summed E-state index contributed by atoms with van der Waals surface area (Å²) in [6.45, 7) is 7.20. The van der Waals surface area contributed by atoms with Gasteiger partial charge in [-0.05, 0) is 35.6 Å². The van der Waals surface area contributed by atoms with Crippen LogP contribution in [0.1, 0.15) is 39.2 Å². The van der Waals surface area contributed by atoms with E-state index in [4.69, 9.17) is 4.74 Å². The highest BCUT2D eigenvalue weighted by Crippen LogP contribution is 2.23. The lowest BCUT2D eigenvalue weighted by molar-refractivity contribution is -0.150. The highest BCUT2D eigenvalue weighted by molar-refractivity contribution is 5.95. The van der Waals surface area contributed by atoms with Gasteiger partial charge in [-0.25, -0.2) is 9.59 Å². The van der Waals surface area contributed by atoms with Crippen LogP contribution in [-0.4, -0.2) is 30.6 Å². The zero-order valence-electron chi connectivity index (χ0n) is 17.8. The summed E-state index contributed by atoms with van der Waals surface area (Å²) in [6.07, 6.45) is 0. The number of esters is 1. The van der Waals surface area contributed by atoms with E-state index < -0.39 is 30.6 Å². The molecule has 0 radical (unpaired) electrons. The molecule has 0 unspecified atom stereocenters. The normalized spacial score (nSPS) is 11.7. The molecule has 0 spiro atoms. The van der Waals surface area contributed by atoms with Crippen molar-refractivity contribution in [1.29, 1.82) is 0 Å². The molecule has 2 rings (SSSR count). The van der Waals surface area contributed by atoms with Crippen LogP contribution in [0.4, 0.5) is 16.2 Å². The van der Waals surface area contributed by atoms with Crippen molar-refractivity contribution in [2.45, 2.75) is 39.7 Å². The minimum Gasteiger partial charge on any atom is -0.454 e. The molecule has 2 aromatic carbocycles. The lowest BCUT2D eigenvalue weighted by atomic mass is 10.0. The molecule has 0 aliphatic carbocycles. The standard InChI is InChI=1S/C23H29N3O4/c1-15(2)18-12-8-9-13-19(18)25-20(27)14-30-22(28)21(16(3)4)26-23(29)24-17-10-6-5-7-11-17/h5-13,15-16,21H,14H2,1-4H3,(H,25,27)(H2,24,26,29)/t21-/m1/s1. The fraction of sp³-hybridized carbons (Fsp3) is 0.348. The van der Waals surface area contributed by atoms with Crippen molar-refractivity contribution in [3.8, 4) is 0 Å². The SMILES string of the molecule is CC(C)c1ccccc1NC(=O)COC(=O)[C@H](NC(=O)Nc1ccccc1)C(C)C. The Morgan fingerprint density at radius 2 is 1.50 bits per heavy atom. The van der Waals surface area contributed by atoms with Gasteiger partial charge in [-0.2, -0.15) is 0 Å². The van der Waals surface area contributed by atoms with Crippen LogP contribution in [0.2, 0.25) is 0 Å². The summed E-state index contributed by atoms with van der Waals surface area (Å²) in [7, 11) is 0. The van der Waals surface area contributed by atoms with E-state index >= 15 is 0 Å². The fourth-order valence-electron chi connectivity index (χ4n) is 2.85. The maximum Gasteiger partial charge on any atom is 0.329 e. The number of carbonyl (C=O) groups excluding carboxylic acids is 3. The first kappa shape index (κ1) is 22.9. The number of carbonyl (C=O) groups is 3. The second kappa shape index (κ2) is 11.0. The van der Waals surface area contributed by atoms with Crippen LogP contribution in [0.3, 0.4) is 0 Å². The van der Waals surface area contributed by atoms with E-state index in [1.165, 1.54) is 0 Å². The molecule has 0 fully saturated rings. The molecule has 0 aliphatic heterocycles. The van der Waals surface area contributed by atoms with Crippen LogP contribution < -0.4 is 16.0 Å². The smallest absolute Gasteiger partial charge is 0.329 e. The van der Waals surface area contributed by atoms with Crippen LogP contribution in [0.15, 0.2) is 54.6 Å². The first-order valence-electron chi connectivity index (χ1n) is 9.96. The lowest BCUT2D eigenvalue weighted by Crippen LogP contribution is -2.47. The van der Waals surface area contributed by atoms with Gasteiger partial charge in [-0.1, -0.05) is 64.1 Å². The molecule has 0 heterocycles. The maximum absolute atomic E-state index is 12.5. The molecule has 7 heteroatoms. The Morgan fingerprint density at radius 1 is 0.867 bits per heavy atom. The average molecular weight is 412 g/mol. The quantitative estimate of drug-likeness (QED) is 0.569. The van der Waals surface area contributed by atoms with E-state index in [-0.39, 0.29) is 11.8 Å². The molecule has 0 bridgehead atoms. The van der Waals surface area contributed by atoms with Gasteiger partial charge in [0.1, 0.15) is 6.04 Å². The Kier molecular flexibility index (Phi) is 8.41. The number of hydrogen-bond acceptors (Lipinski definition) is 4. The van der Waals surface area contributed by atoms with Gasteiger partial charge in [0.25, 0.3) is 5.91 Å². The van der Waals surface area contributed by atoms with Gasteiger partial charge in [0.2, 0.25) is 0 Å². The Labute approximate surface area is 177 Å². The summed E-state index contributed by atoms with van der Waals surface area (Å²) < 4.78 is 5.16. The zero-order chi connectivity index (χ0) is 22.1. The molecule has 0 aliphatic rings. The highest BCUT2D eigenvalue weighted by Gasteiger charge is 2.26. The number of benzene rings is 2. The van der Waals surface area contributed by atoms with Crippen molar-refractivity contribution in [1.82, 2.24) is 5.32 Å². The van der Waals surface area contributed by atoms with Crippen molar-refractivity contribution in [3.63, 3.8) is 0 Å². The number of para-hydroxylation sites is 2. The van der Waals surface area contributed by atoms with Crippen molar-refractivity contribution in [3.05, 3.63) is 60.2 Å². The molecule has 3 amide bonds. The van der Waals surface area contributed by atoms with Crippen LogP contribution in [0, 0.1) is 5.92 Å². The number of urea groups is 1. The predicted molar refractivity (Wildman–Crippen MR) is 117 cm³/mol. The minimum atomic E-state index is -0.885. The van der Waals surface area contributed by atoms with Crippen molar-refractivity contribution >= 4 is 29.3 Å². The number of hydrogen-bond donors (Lipinski definition) is 3. The summed E-state index contributed by atoms with van der Waals surface area (Å²) in [6, 6.07) is 15.0. The Bertz CT molecular complexity index is 866. The maximum atomic E-state index is 12.5. The van der Waals surface area contributed by atoms with Crippen molar-refractivity contribution in [2.24, 2.45) is 5.92 Å². The van der Waals surface area contributed by atoms with Gasteiger partial charge >= 0.3 is 12.0 Å². The summed E-state index contributed by atoms with van der Waals surface area (Å²) in [4.78, 5) is 36.9. The number of nitrogens with one attached hydrogen (secondary N) is 3. The number of amides is 3. The molecule has 0 saturated carbocycles. The summed E-state index contributed by atoms with van der Waals surface area (Å²) in [5, 5.41) is 8.04. The second-order valence-electron chi connectivity index (χ2n) is 7.58. The third-order valence-corrected chi connectivity index (χ3v) is 4.44. The van der Waals surface area contributed by atoms with Crippen LogP contribution in [0.5, 0.6) is 0 Å². The van der Waals surface area contributed by atoms with Crippen LogP contribution in [0.25, 0.3) is 0 Å². The lowest BCUT2D eigenvalue weighted by Gasteiger charge is -2.21. The topological polar surface area (TPSA) is 96.5 Å². The van der Waals surface area contributed by atoms with E-state index in [0.717, 1.165) is 5.56 Å². The first-order chi connectivity index (χ1) is 14.3. The molecule has 160 valence electrons. The van der Waals surface area contributed by atoms with E-state index in [0.29, 0.717) is 11.4 Å². The van der Waals surface area contributed by atoms with Crippen molar-refractivity contribution in [2.75, 3.05) is 17.2 Å². The average Bonchev–Trinajstić information content (AvgIpc) is 2.71. The van der Waals surface area contributed by atoms with Gasteiger partial charge in [-0.3, -0.25) is 4.79 Å². The predicted octanol–water partition coefficient (Wildman–Crippen LogP) is 4.14. The van der Waals surface area contributed by atoms with Crippen LogP contribution in [-0.2, 0) is 14.3 Å². The molecule has 0 aromatic heterocycles. The molecule has 0 saturated heterocycles. The number of anilines is 2. The van der Waals surface area contributed by atoms with Gasteiger partial charge in [0, 0.05) is 11.4 Å². The van der Waals surface area contributed by atoms with E-state index in [1.807, 2.05) is 38.1 Å². The molecule has 30 heavy (non-hydrogen) atoms. The fourth-order valence-corrected chi connectivity index (χ4v) is 2.85. The van der Waals surface area contributed by atoms with Gasteiger partial charge < -0.3 is 20.7 Å².